The molecule has 2 aromatic rings. The summed E-state index contributed by atoms with van der Waals surface area (Å²) in [7, 11) is 2.79. The fourth-order valence-corrected chi connectivity index (χ4v) is 5.87. The lowest BCUT2D eigenvalue weighted by Crippen LogP contribution is -2.59. The average Bonchev–Trinajstić information content (AvgIpc) is 3.09. The summed E-state index contributed by atoms with van der Waals surface area (Å²) in [5.74, 6) is -0.854. The second-order valence-corrected chi connectivity index (χ2v) is 12.0. The lowest BCUT2D eigenvalue weighted by atomic mass is 9.83. The number of aliphatic hydroxyl groups excluding tert-OH is 8. The van der Waals surface area contributed by atoms with Gasteiger partial charge in [0.2, 0.25) is 0 Å². The van der Waals surface area contributed by atoms with E-state index in [-0.39, 0.29) is 49.1 Å². The first-order chi connectivity index (χ1) is 22.9. The number of ether oxygens (including phenoxy) is 6. The molecule has 2 fully saturated rings. The summed E-state index contributed by atoms with van der Waals surface area (Å²) >= 11 is 0. The van der Waals surface area contributed by atoms with Crippen molar-refractivity contribution in [1.82, 2.24) is 0 Å². The zero-order chi connectivity index (χ0) is 35.1. The zero-order valence-electron chi connectivity index (χ0n) is 26.6. The van der Waals surface area contributed by atoms with Crippen molar-refractivity contribution in [2.24, 2.45) is 11.8 Å². The Morgan fingerprint density at radius 1 is 0.583 bits per heavy atom. The molecule has 48 heavy (non-hydrogen) atoms. The van der Waals surface area contributed by atoms with E-state index in [9.17, 15) is 51.1 Å². The van der Waals surface area contributed by atoms with Gasteiger partial charge in [-0.3, -0.25) is 0 Å². The molecule has 2 heterocycles. The average molecular weight is 687 g/mol. The molecule has 2 aliphatic heterocycles. The highest BCUT2D eigenvalue weighted by molar-refractivity contribution is 5.43. The summed E-state index contributed by atoms with van der Waals surface area (Å²) in [5.41, 5.74) is 1.38. The lowest BCUT2D eigenvalue weighted by Gasteiger charge is -2.41. The van der Waals surface area contributed by atoms with Crippen molar-refractivity contribution in [2.45, 2.75) is 74.3 Å². The van der Waals surface area contributed by atoms with Crippen LogP contribution in [-0.2, 0) is 31.8 Å². The third-order valence-electron chi connectivity index (χ3n) is 8.80. The van der Waals surface area contributed by atoms with Crippen molar-refractivity contribution in [3.8, 4) is 23.0 Å². The van der Waals surface area contributed by atoms with Gasteiger partial charge in [0.15, 0.2) is 35.6 Å². The first-order valence-corrected chi connectivity index (χ1v) is 15.5. The van der Waals surface area contributed by atoms with E-state index in [0.29, 0.717) is 11.1 Å². The Morgan fingerprint density at radius 2 is 0.958 bits per heavy atom. The number of hydrogen-bond donors (Lipinski definition) is 10. The van der Waals surface area contributed by atoms with Gasteiger partial charge in [-0.1, -0.05) is 12.1 Å². The minimum Gasteiger partial charge on any atom is -0.504 e. The van der Waals surface area contributed by atoms with Crippen LogP contribution < -0.4 is 9.47 Å². The van der Waals surface area contributed by atoms with E-state index >= 15 is 0 Å². The number of hydrogen-bond acceptors (Lipinski definition) is 16. The van der Waals surface area contributed by atoms with E-state index in [1.54, 1.807) is 24.3 Å². The molecule has 2 saturated heterocycles. The van der Waals surface area contributed by atoms with Gasteiger partial charge in [0.1, 0.15) is 48.8 Å². The second kappa shape index (κ2) is 17.2. The smallest absolute Gasteiger partial charge is 0.186 e. The topological polar surface area (TPSA) is 258 Å². The molecule has 0 bridgehead atoms. The van der Waals surface area contributed by atoms with Gasteiger partial charge >= 0.3 is 0 Å². The van der Waals surface area contributed by atoms with Crippen molar-refractivity contribution in [3.63, 3.8) is 0 Å². The van der Waals surface area contributed by atoms with Crippen LogP contribution in [0.2, 0.25) is 0 Å². The van der Waals surface area contributed by atoms with Gasteiger partial charge in [0.25, 0.3) is 0 Å². The maximum Gasteiger partial charge on any atom is 0.186 e. The minimum atomic E-state index is -1.67. The fraction of sp³-hybridized carbons (Fsp3) is 0.625. The fourth-order valence-electron chi connectivity index (χ4n) is 5.87. The van der Waals surface area contributed by atoms with Gasteiger partial charge in [-0.2, -0.15) is 0 Å². The van der Waals surface area contributed by atoms with Gasteiger partial charge in [-0.05, 0) is 60.1 Å². The highest BCUT2D eigenvalue weighted by Gasteiger charge is 2.46. The largest absolute Gasteiger partial charge is 0.504 e. The summed E-state index contributed by atoms with van der Waals surface area (Å²) in [6.45, 7) is -1.63. The van der Waals surface area contributed by atoms with Crippen LogP contribution in [0.4, 0.5) is 0 Å². The molecular formula is C32H46O16. The van der Waals surface area contributed by atoms with Crippen LogP contribution in [0.1, 0.15) is 11.1 Å². The molecule has 2 aliphatic rings. The Kier molecular flexibility index (Phi) is 13.6. The quantitative estimate of drug-likeness (QED) is 0.0951. The van der Waals surface area contributed by atoms with E-state index in [2.05, 4.69) is 0 Å². The number of aliphatic hydroxyl groups is 8. The van der Waals surface area contributed by atoms with Crippen molar-refractivity contribution < 1.29 is 79.5 Å². The molecule has 16 nitrogen and oxygen atoms in total. The van der Waals surface area contributed by atoms with Crippen LogP contribution in [0.25, 0.3) is 0 Å². The number of phenolic OH excluding ortho intramolecular Hbond substituents is 2. The molecule has 0 aromatic heterocycles. The summed E-state index contributed by atoms with van der Waals surface area (Å²) < 4.78 is 33.6. The normalized spacial score (nSPS) is 32.0. The van der Waals surface area contributed by atoms with Crippen LogP contribution in [0.15, 0.2) is 36.4 Å². The Bertz CT molecular complexity index is 1200. The Labute approximate surface area is 276 Å². The molecule has 270 valence electrons. The predicted octanol–water partition coefficient (Wildman–Crippen LogP) is -2.23. The van der Waals surface area contributed by atoms with Crippen LogP contribution in [0.3, 0.4) is 0 Å². The van der Waals surface area contributed by atoms with Gasteiger partial charge < -0.3 is 79.5 Å². The van der Waals surface area contributed by atoms with E-state index in [1.807, 2.05) is 0 Å². The Hall–Kier alpha value is -2.84. The summed E-state index contributed by atoms with van der Waals surface area (Å²) in [6, 6.07) is 9.47. The van der Waals surface area contributed by atoms with Crippen LogP contribution in [0, 0.1) is 11.8 Å². The first-order valence-electron chi connectivity index (χ1n) is 15.5. The Morgan fingerprint density at radius 3 is 1.29 bits per heavy atom. The zero-order valence-corrected chi connectivity index (χ0v) is 26.6. The summed E-state index contributed by atoms with van der Waals surface area (Å²) in [4.78, 5) is 0. The molecule has 1 unspecified atom stereocenters. The van der Waals surface area contributed by atoms with E-state index < -0.39 is 86.5 Å². The SMILES string of the molecule is COc1cc(C[C@@H](CO[C@@H]2O[C@H](CO)[C@@H](O)[C@H](O)C2O)[C@H](CO[C@@H]2O[C@H](CO)[C@@H](O)[C@H](O)[C@H]2O)Cc2ccc(O)c(OC)c2)ccc1O. The van der Waals surface area contributed by atoms with Gasteiger partial charge in [-0.25, -0.2) is 0 Å². The molecule has 4 rings (SSSR count). The molecule has 0 saturated carbocycles. The standard InChI is InChI=1S/C32H46O16/c1-43-21-9-15(3-5-19(21)35)7-17(13-45-31-29(41)27(39)25(37)23(11-33)47-31)18(8-16-4-6-20(36)22(10-16)44-2)14-46-32-30(42)28(40)26(38)24(12-34)48-32/h3-6,9-10,17-18,23-42H,7-8,11-14H2,1-2H3/t17-,18-,23+,24+,25+,26+,27-,28-,29+,30?,31+,32+/m0/s1. The maximum absolute atomic E-state index is 10.6. The van der Waals surface area contributed by atoms with E-state index in [1.165, 1.54) is 26.4 Å². The highest BCUT2D eigenvalue weighted by atomic mass is 16.7. The molecule has 0 aliphatic carbocycles. The van der Waals surface area contributed by atoms with Crippen molar-refractivity contribution >= 4 is 0 Å². The van der Waals surface area contributed by atoms with E-state index in [4.69, 9.17) is 28.4 Å². The molecule has 0 radical (unpaired) electrons. The molecule has 0 amide bonds. The van der Waals surface area contributed by atoms with Crippen molar-refractivity contribution in [3.05, 3.63) is 47.5 Å². The van der Waals surface area contributed by atoms with Crippen molar-refractivity contribution in [2.75, 3.05) is 40.6 Å². The Balaban J connectivity index is 1.66. The molecular weight excluding hydrogens is 640 g/mol. The van der Waals surface area contributed by atoms with E-state index in [0.717, 1.165) is 0 Å². The van der Waals surface area contributed by atoms with Crippen LogP contribution >= 0.6 is 0 Å². The third-order valence-corrected chi connectivity index (χ3v) is 8.80. The number of aromatic hydroxyl groups is 2. The summed E-state index contributed by atoms with van der Waals surface area (Å²) in [6.07, 6.45) is -14.7. The van der Waals surface area contributed by atoms with Crippen LogP contribution in [-0.4, -0.2) is 153 Å². The molecule has 0 spiro atoms. The number of benzene rings is 2. The van der Waals surface area contributed by atoms with Gasteiger partial charge in [0, 0.05) is 0 Å². The monoisotopic (exact) mass is 686 g/mol. The number of methoxy groups -OCH3 is 2. The molecule has 10 N–H and O–H groups in total. The summed E-state index contributed by atoms with van der Waals surface area (Å²) in [5, 5.41) is 102. The minimum absolute atomic E-state index is 0.0888. The molecule has 2 aromatic carbocycles. The number of rotatable bonds is 15. The number of phenols is 2. The van der Waals surface area contributed by atoms with Gasteiger partial charge in [0.05, 0.1) is 40.6 Å². The highest BCUT2D eigenvalue weighted by Crippen LogP contribution is 2.34. The maximum atomic E-state index is 10.6. The molecule has 12 atom stereocenters. The molecule has 16 heteroatoms. The van der Waals surface area contributed by atoms with Gasteiger partial charge in [-0.15, -0.1) is 0 Å². The van der Waals surface area contributed by atoms with Crippen molar-refractivity contribution in [1.29, 1.82) is 0 Å². The second-order valence-electron chi connectivity index (χ2n) is 12.0. The predicted molar refractivity (Wildman–Crippen MR) is 163 cm³/mol. The third kappa shape index (κ3) is 8.84. The first kappa shape index (κ1) is 38.0. The van der Waals surface area contributed by atoms with Crippen LogP contribution in [0.5, 0.6) is 23.0 Å². The lowest BCUT2D eigenvalue weighted by molar-refractivity contribution is -0.308.